The third-order valence-electron chi connectivity index (χ3n) is 7.03. The molecule has 27 heavy (non-hydrogen) atoms. The Hall–Kier alpha value is -1.30. The normalized spacial score (nSPS) is 37.3. The highest BCUT2D eigenvalue weighted by molar-refractivity contribution is 5.79. The lowest BCUT2D eigenvalue weighted by molar-refractivity contribution is -0.142. The van der Waals surface area contributed by atoms with Gasteiger partial charge >= 0.3 is 6.03 Å². The van der Waals surface area contributed by atoms with E-state index in [4.69, 9.17) is 0 Å². The molecule has 0 radical (unpaired) electrons. The largest absolute Gasteiger partial charge is 0.392 e. The van der Waals surface area contributed by atoms with Crippen LogP contribution < -0.4 is 16.0 Å². The van der Waals surface area contributed by atoms with E-state index in [9.17, 15) is 14.7 Å². The van der Waals surface area contributed by atoms with Gasteiger partial charge in [0.25, 0.3) is 0 Å². The second-order valence-corrected chi connectivity index (χ2v) is 9.33. The van der Waals surface area contributed by atoms with E-state index < -0.39 is 6.10 Å². The molecule has 0 heterocycles. The van der Waals surface area contributed by atoms with E-state index >= 15 is 0 Å². The predicted molar refractivity (Wildman–Crippen MR) is 107 cm³/mol. The smallest absolute Gasteiger partial charge is 0.315 e. The number of fused-ring (bicyclic) bond motifs is 1. The van der Waals surface area contributed by atoms with Crippen molar-refractivity contribution in [3.63, 3.8) is 0 Å². The Bertz CT molecular complexity index is 539. The molecule has 0 aromatic heterocycles. The highest BCUT2D eigenvalue weighted by Crippen LogP contribution is 2.55. The van der Waals surface area contributed by atoms with Crippen molar-refractivity contribution in [2.24, 2.45) is 29.1 Å². The van der Waals surface area contributed by atoms with Gasteiger partial charge < -0.3 is 21.1 Å². The fourth-order valence-corrected chi connectivity index (χ4v) is 5.49. The molecule has 2 aliphatic rings. The number of carbonyl (C=O) groups excluding carboxylic acids is 2. The molecule has 2 fully saturated rings. The molecule has 2 saturated carbocycles. The number of rotatable bonds is 5. The second kappa shape index (κ2) is 8.80. The van der Waals surface area contributed by atoms with Gasteiger partial charge in [-0.15, -0.1) is 0 Å². The number of carbonyl (C=O) groups is 2. The molecule has 0 bridgehead atoms. The van der Waals surface area contributed by atoms with Crippen LogP contribution in [-0.2, 0) is 4.79 Å². The second-order valence-electron chi connectivity index (χ2n) is 9.33. The van der Waals surface area contributed by atoms with Crippen molar-refractivity contribution in [2.45, 2.75) is 85.4 Å². The molecular formula is C21H39N3O3. The molecule has 0 saturated heterocycles. The third-order valence-corrected chi connectivity index (χ3v) is 7.03. The van der Waals surface area contributed by atoms with Gasteiger partial charge in [0, 0.05) is 24.5 Å². The first-order valence-corrected chi connectivity index (χ1v) is 10.6. The van der Waals surface area contributed by atoms with E-state index in [-0.39, 0.29) is 53.1 Å². The van der Waals surface area contributed by atoms with Gasteiger partial charge in [-0.25, -0.2) is 4.79 Å². The van der Waals surface area contributed by atoms with Gasteiger partial charge in [-0.05, 0) is 69.6 Å². The summed E-state index contributed by atoms with van der Waals surface area (Å²) in [7, 11) is 0. The molecule has 7 atom stereocenters. The summed E-state index contributed by atoms with van der Waals surface area (Å²) in [5.74, 6) is 0.0391. The van der Waals surface area contributed by atoms with Gasteiger partial charge in [-0.2, -0.15) is 0 Å². The molecule has 156 valence electrons. The van der Waals surface area contributed by atoms with Crippen molar-refractivity contribution in [3.05, 3.63) is 0 Å². The molecule has 2 rings (SSSR count). The van der Waals surface area contributed by atoms with E-state index in [1.807, 2.05) is 27.7 Å². The topological polar surface area (TPSA) is 90.5 Å². The van der Waals surface area contributed by atoms with Crippen LogP contribution in [0.3, 0.4) is 0 Å². The van der Waals surface area contributed by atoms with Gasteiger partial charge in [0.05, 0.1) is 6.10 Å². The molecule has 2 aliphatic carbocycles. The van der Waals surface area contributed by atoms with Crippen LogP contribution in [0.5, 0.6) is 0 Å². The maximum absolute atomic E-state index is 12.5. The number of aliphatic hydroxyl groups excluding tert-OH is 1. The lowest BCUT2D eigenvalue weighted by Gasteiger charge is -2.56. The molecule has 0 spiro atoms. The Morgan fingerprint density at radius 1 is 1.19 bits per heavy atom. The van der Waals surface area contributed by atoms with Crippen molar-refractivity contribution in [1.82, 2.24) is 16.0 Å². The average Bonchev–Trinajstić information content (AvgIpc) is 2.57. The zero-order chi connectivity index (χ0) is 20.4. The number of amides is 3. The SMILES string of the molecule is CCNC(=O)N[C@H]1CC[C@]2(C)CC[C@H]([C@H](C)C(=O)NC(C)C)[C@H](O)[C@H]2[C@@H]1C. The Morgan fingerprint density at radius 3 is 2.41 bits per heavy atom. The number of hydrogen-bond donors (Lipinski definition) is 4. The quantitative estimate of drug-likeness (QED) is 0.590. The van der Waals surface area contributed by atoms with Crippen LogP contribution in [0.15, 0.2) is 0 Å². The summed E-state index contributed by atoms with van der Waals surface area (Å²) in [6.45, 7) is 12.8. The summed E-state index contributed by atoms with van der Waals surface area (Å²) in [5, 5.41) is 20.2. The molecule has 6 heteroatoms. The van der Waals surface area contributed by atoms with Crippen molar-refractivity contribution in [2.75, 3.05) is 6.54 Å². The van der Waals surface area contributed by atoms with Crippen molar-refractivity contribution in [3.8, 4) is 0 Å². The zero-order valence-corrected chi connectivity index (χ0v) is 17.8. The lowest BCUT2D eigenvalue weighted by Crippen LogP contribution is -2.59. The van der Waals surface area contributed by atoms with E-state index in [1.165, 1.54) is 0 Å². The van der Waals surface area contributed by atoms with Crippen LogP contribution in [0.4, 0.5) is 4.79 Å². The standard InChI is InChI=1S/C21H39N3O3/c1-7-22-20(27)24-16-9-11-21(6)10-8-15(18(25)17(21)14(16)5)13(4)19(26)23-12(2)3/h12-18,25H,7-11H2,1-6H3,(H,23,26)(H2,22,24,27)/t13-,14+,15+,16-,17+,18-,21-/m0/s1. The first kappa shape index (κ1) is 22.0. The van der Waals surface area contributed by atoms with Gasteiger partial charge in [-0.1, -0.05) is 20.8 Å². The van der Waals surface area contributed by atoms with Crippen molar-refractivity contribution >= 4 is 11.9 Å². The van der Waals surface area contributed by atoms with Crippen molar-refractivity contribution in [1.29, 1.82) is 0 Å². The molecule has 6 nitrogen and oxygen atoms in total. The molecule has 0 unspecified atom stereocenters. The van der Waals surface area contributed by atoms with Crippen LogP contribution in [0.1, 0.15) is 67.2 Å². The fraction of sp³-hybridized carbons (Fsp3) is 0.905. The van der Waals surface area contributed by atoms with Gasteiger partial charge in [0.15, 0.2) is 0 Å². The minimum Gasteiger partial charge on any atom is -0.392 e. The minimum absolute atomic E-state index is 0.0260. The van der Waals surface area contributed by atoms with E-state index in [2.05, 4.69) is 29.8 Å². The van der Waals surface area contributed by atoms with E-state index in [0.717, 1.165) is 25.7 Å². The van der Waals surface area contributed by atoms with Crippen LogP contribution in [0.25, 0.3) is 0 Å². The third kappa shape index (κ3) is 4.76. The van der Waals surface area contributed by atoms with Gasteiger partial charge in [0.1, 0.15) is 0 Å². The Morgan fingerprint density at radius 2 is 1.81 bits per heavy atom. The highest BCUT2D eigenvalue weighted by Gasteiger charge is 2.53. The van der Waals surface area contributed by atoms with Crippen LogP contribution in [0, 0.1) is 29.1 Å². The maximum Gasteiger partial charge on any atom is 0.315 e. The zero-order valence-electron chi connectivity index (χ0n) is 17.8. The molecule has 3 amide bonds. The lowest BCUT2D eigenvalue weighted by atomic mass is 9.51. The van der Waals surface area contributed by atoms with Crippen LogP contribution in [0.2, 0.25) is 0 Å². The fourth-order valence-electron chi connectivity index (χ4n) is 5.49. The molecular weight excluding hydrogens is 342 g/mol. The Labute approximate surface area is 164 Å². The molecule has 0 aliphatic heterocycles. The van der Waals surface area contributed by atoms with Gasteiger partial charge in [0.2, 0.25) is 5.91 Å². The summed E-state index contributed by atoms with van der Waals surface area (Å²) in [6, 6.07) is 0.0255. The van der Waals surface area contributed by atoms with Crippen LogP contribution in [-0.4, -0.2) is 41.8 Å². The van der Waals surface area contributed by atoms with Gasteiger partial charge in [-0.3, -0.25) is 4.79 Å². The predicted octanol–water partition coefficient (Wildman–Crippen LogP) is 2.66. The Balaban J connectivity index is 2.14. The average molecular weight is 382 g/mol. The summed E-state index contributed by atoms with van der Waals surface area (Å²) >= 11 is 0. The summed E-state index contributed by atoms with van der Waals surface area (Å²) in [4.78, 5) is 24.5. The monoisotopic (exact) mass is 381 g/mol. The van der Waals surface area contributed by atoms with Crippen LogP contribution >= 0.6 is 0 Å². The summed E-state index contributed by atoms with van der Waals surface area (Å²) < 4.78 is 0. The summed E-state index contributed by atoms with van der Waals surface area (Å²) in [6.07, 6.45) is 3.31. The first-order valence-electron chi connectivity index (χ1n) is 10.6. The summed E-state index contributed by atoms with van der Waals surface area (Å²) in [5.41, 5.74) is 0.0724. The van der Waals surface area contributed by atoms with E-state index in [1.54, 1.807) is 0 Å². The molecule has 4 N–H and O–H groups in total. The number of hydrogen-bond acceptors (Lipinski definition) is 3. The van der Waals surface area contributed by atoms with E-state index in [0.29, 0.717) is 6.54 Å². The maximum atomic E-state index is 12.5. The van der Waals surface area contributed by atoms with Crippen molar-refractivity contribution < 1.29 is 14.7 Å². The number of nitrogens with one attached hydrogen (secondary N) is 3. The highest BCUT2D eigenvalue weighted by atomic mass is 16.3. The number of aliphatic hydroxyl groups is 1. The first-order chi connectivity index (χ1) is 12.6. The molecule has 0 aromatic rings. The number of urea groups is 1. The Kier molecular flexibility index (Phi) is 7.17. The minimum atomic E-state index is -0.523. The molecule has 0 aromatic carbocycles.